The summed E-state index contributed by atoms with van der Waals surface area (Å²) in [5.74, 6) is -0.113. The average Bonchev–Trinajstić information content (AvgIpc) is 2.70. The van der Waals surface area contributed by atoms with Crippen LogP contribution in [0.15, 0.2) is 48.5 Å². The number of nitrogens with zero attached hydrogens (tertiary/aromatic N) is 2. The van der Waals surface area contributed by atoms with Crippen LogP contribution in [0.25, 0.3) is 0 Å². The van der Waals surface area contributed by atoms with E-state index >= 15 is 0 Å². The highest BCUT2D eigenvalue weighted by Gasteiger charge is 2.22. The van der Waals surface area contributed by atoms with Crippen LogP contribution in [0.2, 0.25) is 10.0 Å². The lowest BCUT2D eigenvalue weighted by molar-refractivity contribution is 0.198. The van der Waals surface area contributed by atoms with E-state index in [1.54, 1.807) is 18.2 Å². The lowest BCUT2D eigenvalue weighted by atomic mass is 10.2. The van der Waals surface area contributed by atoms with Crippen LogP contribution < -0.4 is 9.62 Å². The number of rotatable bonds is 7. The quantitative estimate of drug-likeness (QED) is 0.712. The van der Waals surface area contributed by atoms with Gasteiger partial charge in [0, 0.05) is 44.5 Å². The van der Waals surface area contributed by atoms with Crippen LogP contribution in [0, 0.1) is 0 Å². The zero-order chi connectivity index (χ0) is 20.1. The number of hydrogen-bond acceptors (Lipinski definition) is 4. The lowest BCUT2D eigenvalue weighted by Crippen LogP contribution is -2.52. The molecule has 0 amide bonds. The van der Waals surface area contributed by atoms with E-state index in [1.807, 2.05) is 18.2 Å². The number of piperazine rings is 1. The van der Waals surface area contributed by atoms with Crippen LogP contribution in [-0.4, -0.2) is 52.1 Å². The molecule has 0 saturated carbocycles. The molecule has 1 saturated heterocycles. The highest BCUT2D eigenvalue weighted by molar-refractivity contribution is 7.88. The van der Waals surface area contributed by atoms with Crippen LogP contribution in [0.1, 0.15) is 12.5 Å². The Labute approximate surface area is 177 Å². The number of hydrogen-bond donors (Lipinski definition) is 1. The zero-order valence-corrected chi connectivity index (χ0v) is 18.1. The molecule has 8 heteroatoms. The molecule has 3 rings (SSSR count). The second-order valence-corrected chi connectivity index (χ2v) is 9.68. The van der Waals surface area contributed by atoms with Crippen molar-refractivity contribution in [2.75, 3.05) is 37.6 Å². The van der Waals surface area contributed by atoms with Crippen LogP contribution in [-0.2, 0) is 15.8 Å². The fourth-order valence-corrected chi connectivity index (χ4v) is 4.87. The maximum atomic E-state index is 12.4. The molecule has 1 N–H and O–H groups in total. The number of halogens is 2. The maximum Gasteiger partial charge on any atom is 0.215 e. The number of benzene rings is 2. The Balaban J connectivity index is 1.48. The first-order valence-corrected chi connectivity index (χ1v) is 11.7. The van der Waals surface area contributed by atoms with Gasteiger partial charge in [0.1, 0.15) is 0 Å². The van der Waals surface area contributed by atoms with Gasteiger partial charge in [-0.3, -0.25) is 4.90 Å². The second kappa shape index (κ2) is 9.46. The monoisotopic (exact) mass is 441 g/mol. The Morgan fingerprint density at radius 1 is 1.00 bits per heavy atom. The summed E-state index contributed by atoms with van der Waals surface area (Å²) < 4.78 is 27.5. The van der Waals surface area contributed by atoms with Crippen molar-refractivity contribution < 1.29 is 8.42 Å². The highest BCUT2D eigenvalue weighted by Crippen LogP contribution is 2.23. The molecule has 1 aliphatic heterocycles. The third kappa shape index (κ3) is 5.84. The van der Waals surface area contributed by atoms with Crippen LogP contribution in [0.4, 0.5) is 5.69 Å². The van der Waals surface area contributed by atoms with Gasteiger partial charge in [-0.1, -0.05) is 47.5 Å². The van der Waals surface area contributed by atoms with Gasteiger partial charge in [-0.15, -0.1) is 0 Å². The summed E-state index contributed by atoms with van der Waals surface area (Å²) in [5, 5.41) is 0.776. The first-order chi connectivity index (χ1) is 13.3. The normalized spacial score (nSPS) is 16.9. The van der Waals surface area contributed by atoms with E-state index in [4.69, 9.17) is 23.2 Å². The average molecular weight is 442 g/mol. The third-order valence-electron chi connectivity index (χ3n) is 5.00. The zero-order valence-electron chi connectivity index (χ0n) is 15.8. The van der Waals surface area contributed by atoms with Gasteiger partial charge in [0.15, 0.2) is 0 Å². The molecular weight excluding hydrogens is 417 g/mol. The largest absolute Gasteiger partial charge is 0.369 e. The summed E-state index contributed by atoms with van der Waals surface area (Å²) in [4.78, 5) is 4.68. The Morgan fingerprint density at radius 3 is 2.32 bits per heavy atom. The molecule has 5 nitrogen and oxygen atoms in total. The first kappa shape index (κ1) is 21.4. The van der Waals surface area contributed by atoms with Gasteiger partial charge in [-0.25, -0.2) is 13.1 Å². The van der Waals surface area contributed by atoms with E-state index in [-0.39, 0.29) is 11.8 Å². The Hall–Kier alpha value is -1.31. The summed E-state index contributed by atoms with van der Waals surface area (Å²) in [7, 11) is -3.44. The van der Waals surface area contributed by atoms with Crippen molar-refractivity contribution >= 4 is 38.9 Å². The molecule has 0 aromatic heterocycles. The van der Waals surface area contributed by atoms with Crippen molar-refractivity contribution in [3.05, 3.63) is 64.1 Å². The highest BCUT2D eigenvalue weighted by atomic mass is 35.5. The predicted molar refractivity (Wildman–Crippen MR) is 117 cm³/mol. The molecule has 152 valence electrons. The number of anilines is 1. The number of nitrogens with one attached hydrogen (secondary N) is 1. The van der Waals surface area contributed by atoms with Crippen molar-refractivity contribution in [3.8, 4) is 0 Å². The van der Waals surface area contributed by atoms with Crippen molar-refractivity contribution in [1.29, 1.82) is 0 Å². The Kier molecular flexibility index (Phi) is 7.23. The molecule has 0 bridgehead atoms. The second-order valence-electron chi connectivity index (χ2n) is 7.06. The molecule has 1 fully saturated rings. The smallest absolute Gasteiger partial charge is 0.215 e. The van der Waals surface area contributed by atoms with E-state index in [0.29, 0.717) is 22.2 Å². The van der Waals surface area contributed by atoms with Gasteiger partial charge < -0.3 is 4.90 Å². The minimum absolute atomic E-state index is 0.113. The van der Waals surface area contributed by atoms with Gasteiger partial charge >= 0.3 is 0 Å². The molecule has 0 radical (unpaired) electrons. The summed E-state index contributed by atoms with van der Waals surface area (Å²) in [6.07, 6.45) is 0. The van der Waals surface area contributed by atoms with Gasteiger partial charge in [-0.05, 0) is 36.8 Å². The summed E-state index contributed by atoms with van der Waals surface area (Å²) in [5.41, 5.74) is 1.85. The number of sulfonamides is 1. The lowest BCUT2D eigenvalue weighted by Gasteiger charge is -2.39. The summed E-state index contributed by atoms with van der Waals surface area (Å²) >= 11 is 11.9. The molecule has 1 heterocycles. The molecule has 0 spiro atoms. The fourth-order valence-electron chi connectivity index (χ4n) is 3.34. The van der Waals surface area contributed by atoms with E-state index < -0.39 is 10.0 Å². The SMILES string of the molecule is CC(CNS(=O)(=O)Cc1ccc(Cl)c(Cl)c1)N1CCN(c2ccccc2)CC1. The van der Waals surface area contributed by atoms with Crippen LogP contribution in [0.5, 0.6) is 0 Å². The molecule has 28 heavy (non-hydrogen) atoms. The van der Waals surface area contributed by atoms with E-state index in [0.717, 1.165) is 26.2 Å². The van der Waals surface area contributed by atoms with Gasteiger partial charge in [0.05, 0.1) is 15.8 Å². The summed E-state index contributed by atoms with van der Waals surface area (Å²) in [6.45, 7) is 6.12. The minimum atomic E-state index is -3.44. The van der Waals surface area contributed by atoms with E-state index in [1.165, 1.54) is 5.69 Å². The summed E-state index contributed by atoms with van der Waals surface area (Å²) in [6, 6.07) is 15.4. The Bertz CT molecular complexity index is 886. The van der Waals surface area contributed by atoms with E-state index in [9.17, 15) is 8.42 Å². The fraction of sp³-hybridized carbons (Fsp3) is 0.400. The molecule has 1 unspecified atom stereocenters. The molecule has 1 aliphatic rings. The van der Waals surface area contributed by atoms with Crippen molar-refractivity contribution in [2.45, 2.75) is 18.7 Å². The molecule has 2 aromatic carbocycles. The van der Waals surface area contributed by atoms with E-state index in [2.05, 4.69) is 33.6 Å². The first-order valence-electron chi connectivity index (χ1n) is 9.29. The topological polar surface area (TPSA) is 52.7 Å². The van der Waals surface area contributed by atoms with Crippen molar-refractivity contribution in [1.82, 2.24) is 9.62 Å². The van der Waals surface area contributed by atoms with Gasteiger partial charge in [-0.2, -0.15) is 0 Å². The van der Waals surface area contributed by atoms with Crippen LogP contribution >= 0.6 is 23.2 Å². The number of para-hydroxylation sites is 1. The predicted octanol–water partition coefficient (Wildman–Crippen LogP) is 3.62. The standard InChI is InChI=1S/C20H25Cl2N3O2S/c1-16(24-9-11-25(12-10-24)18-5-3-2-4-6-18)14-23-28(26,27)15-17-7-8-19(21)20(22)13-17/h2-8,13,16,23H,9-12,14-15H2,1H3. The maximum absolute atomic E-state index is 12.4. The molecular formula is C20H25Cl2N3O2S. The third-order valence-corrected chi connectivity index (χ3v) is 7.06. The van der Waals surface area contributed by atoms with Crippen LogP contribution in [0.3, 0.4) is 0 Å². The van der Waals surface area contributed by atoms with Gasteiger partial charge in [0.25, 0.3) is 0 Å². The molecule has 0 aliphatic carbocycles. The molecule has 2 aromatic rings. The molecule has 1 atom stereocenters. The Morgan fingerprint density at radius 2 is 1.68 bits per heavy atom. The van der Waals surface area contributed by atoms with Crippen molar-refractivity contribution in [3.63, 3.8) is 0 Å². The minimum Gasteiger partial charge on any atom is -0.369 e. The van der Waals surface area contributed by atoms with Gasteiger partial charge in [0.2, 0.25) is 10.0 Å². The van der Waals surface area contributed by atoms with Crippen molar-refractivity contribution in [2.24, 2.45) is 0 Å².